The predicted molar refractivity (Wildman–Crippen MR) is 123 cm³/mol. The van der Waals surface area contributed by atoms with Crippen LogP contribution in [0.4, 0.5) is 0 Å². The molecule has 0 amide bonds. The first-order valence-electron chi connectivity index (χ1n) is 9.21. The maximum atomic E-state index is 5.78. The summed E-state index contributed by atoms with van der Waals surface area (Å²) in [5.74, 6) is 1.46. The molecule has 150 valence electrons. The Morgan fingerprint density at radius 3 is 2.81 bits per heavy atom. The molecule has 0 saturated heterocycles. The molecule has 0 aliphatic heterocycles. The van der Waals surface area contributed by atoms with Gasteiger partial charge in [0.15, 0.2) is 5.96 Å². The summed E-state index contributed by atoms with van der Waals surface area (Å²) >= 11 is 1.78. The Hall–Kier alpha value is -1.42. The molecule has 0 aliphatic carbocycles. The number of aromatic nitrogens is 2. The molecule has 2 aromatic rings. The third kappa shape index (κ3) is 8.42. The van der Waals surface area contributed by atoms with Crippen LogP contribution in [0.25, 0.3) is 0 Å². The Morgan fingerprint density at radius 2 is 2.11 bits per heavy atom. The zero-order valence-corrected chi connectivity index (χ0v) is 19.5. The highest BCUT2D eigenvalue weighted by atomic mass is 127. The van der Waals surface area contributed by atoms with E-state index in [9.17, 15) is 0 Å². The van der Waals surface area contributed by atoms with Gasteiger partial charge in [-0.1, -0.05) is 26.3 Å². The molecule has 6 nitrogen and oxygen atoms in total. The van der Waals surface area contributed by atoms with E-state index in [4.69, 9.17) is 4.74 Å². The normalized spacial score (nSPS) is 11.0. The standard InChI is InChI=1S/C19H29N5OS.HI/c1-4-6-12-25-18-15(8-7-10-21-18)13-24-19(20-3)22-11-9-17-23-14-16(5-2)26-17;/h7-8,10,14H,4-6,9,11-13H2,1-3H3,(H2,20,22,24);1H. The topological polar surface area (TPSA) is 71.4 Å². The zero-order valence-electron chi connectivity index (χ0n) is 16.3. The van der Waals surface area contributed by atoms with Gasteiger partial charge in [-0.25, -0.2) is 9.97 Å². The van der Waals surface area contributed by atoms with Crippen molar-refractivity contribution in [2.45, 2.75) is 46.1 Å². The number of halogens is 1. The monoisotopic (exact) mass is 503 g/mol. The van der Waals surface area contributed by atoms with Crippen molar-refractivity contribution < 1.29 is 4.74 Å². The number of pyridine rings is 1. The minimum absolute atomic E-state index is 0. The lowest BCUT2D eigenvalue weighted by Gasteiger charge is -2.13. The first-order valence-corrected chi connectivity index (χ1v) is 10.0. The fourth-order valence-corrected chi connectivity index (χ4v) is 3.18. The van der Waals surface area contributed by atoms with E-state index in [2.05, 4.69) is 39.4 Å². The van der Waals surface area contributed by atoms with Crippen molar-refractivity contribution in [2.75, 3.05) is 20.2 Å². The number of thiazole rings is 1. The van der Waals surface area contributed by atoms with Crippen LogP contribution in [-0.2, 0) is 19.4 Å². The Bertz CT molecular complexity index is 692. The van der Waals surface area contributed by atoms with Gasteiger partial charge in [-0.3, -0.25) is 4.99 Å². The van der Waals surface area contributed by atoms with Crippen molar-refractivity contribution >= 4 is 41.3 Å². The molecule has 0 spiro atoms. The van der Waals surface area contributed by atoms with Crippen LogP contribution in [-0.4, -0.2) is 36.1 Å². The number of unbranched alkanes of at least 4 members (excludes halogenated alkanes) is 1. The first kappa shape index (κ1) is 23.6. The summed E-state index contributed by atoms with van der Waals surface area (Å²) in [5, 5.41) is 7.81. The van der Waals surface area contributed by atoms with E-state index in [-0.39, 0.29) is 24.0 Å². The number of aliphatic imine (C=N–C) groups is 1. The minimum Gasteiger partial charge on any atom is -0.477 e. The van der Waals surface area contributed by atoms with Crippen molar-refractivity contribution in [3.8, 4) is 5.88 Å². The van der Waals surface area contributed by atoms with E-state index in [1.54, 1.807) is 24.6 Å². The lowest BCUT2D eigenvalue weighted by atomic mass is 10.2. The quantitative estimate of drug-likeness (QED) is 0.223. The summed E-state index contributed by atoms with van der Waals surface area (Å²) in [4.78, 5) is 14.4. The average molecular weight is 503 g/mol. The molecule has 2 N–H and O–H groups in total. The van der Waals surface area contributed by atoms with E-state index in [0.717, 1.165) is 48.8 Å². The average Bonchev–Trinajstić information content (AvgIpc) is 3.13. The van der Waals surface area contributed by atoms with Crippen molar-refractivity contribution in [2.24, 2.45) is 4.99 Å². The molecular weight excluding hydrogens is 473 g/mol. The van der Waals surface area contributed by atoms with Crippen LogP contribution in [0.3, 0.4) is 0 Å². The molecule has 0 aliphatic rings. The highest BCUT2D eigenvalue weighted by Gasteiger charge is 2.06. The number of nitrogens with zero attached hydrogens (tertiary/aromatic N) is 3. The highest BCUT2D eigenvalue weighted by Crippen LogP contribution is 2.15. The van der Waals surface area contributed by atoms with Crippen LogP contribution in [0.2, 0.25) is 0 Å². The van der Waals surface area contributed by atoms with Gasteiger partial charge in [-0.2, -0.15) is 0 Å². The van der Waals surface area contributed by atoms with E-state index < -0.39 is 0 Å². The molecule has 0 radical (unpaired) electrons. The van der Waals surface area contributed by atoms with Crippen LogP contribution in [0, 0.1) is 0 Å². The molecule has 0 aromatic carbocycles. The van der Waals surface area contributed by atoms with Crippen molar-refractivity contribution in [1.82, 2.24) is 20.6 Å². The van der Waals surface area contributed by atoms with E-state index in [1.165, 1.54) is 4.88 Å². The Morgan fingerprint density at radius 1 is 1.26 bits per heavy atom. The maximum absolute atomic E-state index is 5.78. The van der Waals surface area contributed by atoms with Crippen LogP contribution in [0.1, 0.15) is 42.1 Å². The van der Waals surface area contributed by atoms with Crippen LogP contribution in [0.5, 0.6) is 5.88 Å². The summed E-state index contributed by atoms with van der Waals surface area (Å²) in [7, 11) is 1.77. The van der Waals surface area contributed by atoms with Gasteiger partial charge in [0.1, 0.15) is 0 Å². The van der Waals surface area contributed by atoms with Crippen LogP contribution in [0.15, 0.2) is 29.5 Å². The van der Waals surface area contributed by atoms with Gasteiger partial charge in [0.2, 0.25) is 5.88 Å². The second kappa shape index (κ2) is 13.7. The first-order chi connectivity index (χ1) is 12.8. The SMILES string of the molecule is CCCCOc1ncccc1CNC(=NC)NCCc1ncc(CC)s1.I. The third-order valence-electron chi connectivity index (χ3n) is 3.84. The summed E-state index contributed by atoms with van der Waals surface area (Å²) in [6.45, 7) is 6.41. The summed E-state index contributed by atoms with van der Waals surface area (Å²) in [6, 6.07) is 3.95. The summed E-state index contributed by atoms with van der Waals surface area (Å²) in [6.07, 6.45) is 7.80. The minimum atomic E-state index is 0. The second-order valence-corrected chi connectivity index (χ2v) is 7.05. The van der Waals surface area contributed by atoms with E-state index >= 15 is 0 Å². The van der Waals surface area contributed by atoms with Gasteiger partial charge < -0.3 is 15.4 Å². The summed E-state index contributed by atoms with van der Waals surface area (Å²) in [5.41, 5.74) is 1.03. The van der Waals surface area contributed by atoms with Gasteiger partial charge in [0.25, 0.3) is 0 Å². The Kier molecular flexibility index (Phi) is 12.0. The molecule has 2 heterocycles. The molecule has 27 heavy (non-hydrogen) atoms. The van der Waals surface area contributed by atoms with Gasteiger partial charge in [0.05, 0.1) is 11.6 Å². The highest BCUT2D eigenvalue weighted by molar-refractivity contribution is 14.0. The molecule has 2 rings (SSSR count). The molecule has 0 unspecified atom stereocenters. The third-order valence-corrected chi connectivity index (χ3v) is 5.04. The molecule has 0 atom stereocenters. The van der Waals surface area contributed by atoms with Crippen molar-refractivity contribution in [3.05, 3.63) is 40.0 Å². The fraction of sp³-hybridized carbons (Fsp3) is 0.526. The van der Waals surface area contributed by atoms with Crippen LogP contribution >= 0.6 is 35.3 Å². The Balaban J connectivity index is 0.00000364. The lowest BCUT2D eigenvalue weighted by molar-refractivity contribution is 0.294. The number of rotatable bonds is 10. The van der Waals surface area contributed by atoms with E-state index in [1.807, 2.05) is 18.3 Å². The molecule has 0 bridgehead atoms. The zero-order chi connectivity index (χ0) is 18.6. The molecule has 8 heteroatoms. The summed E-state index contributed by atoms with van der Waals surface area (Å²) < 4.78 is 5.78. The predicted octanol–water partition coefficient (Wildman–Crippen LogP) is 3.81. The van der Waals surface area contributed by atoms with Gasteiger partial charge >= 0.3 is 0 Å². The smallest absolute Gasteiger partial charge is 0.218 e. The van der Waals surface area contributed by atoms with Gasteiger partial charge in [-0.05, 0) is 18.9 Å². The number of guanidine groups is 1. The number of hydrogen-bond acceptors (Lipinski definition) is 5. The van der Waals surface area contributed by atoms with Crippen LogP contribution < -0.4 is 15.4 Å². The second-order valence-electron chi connectivity index (χ2n) is 5.85. The number of hydrogen-bond donors (Lipinski definition) is 2. The number of ether oxygens (including phenoxy) is 1. The van der Waals surface area contributed by atoms with Crippen molar-refractivity contribution in [3.63, 3.8) is 0 Å². The van der Waals surface area contributed by atoms with E-state index in [0.29, 0.717) is 19.0 Å². The molecule has 0 fully saturated rings. The van der Waals surface area contributed by atoms with Gasteiger partial charge in [0, 0.05) is 49.4 Å². The molecule has 0 saturated carbocycles. The van der Waals surface area contributed by atoms with Gasteiger partial charge in [-0.15, -0.1) is 35.3 Å². The van der Waals surface area contributed by atoms with Crippen molar-refractivity contribution in [1.29, 1.82) is 0 Å². The fourth-order valence-electron chi connectivity index (χ4n) is 2.32. The lowest BCUT2D eigenvalue weighted by Crippen LogP contribution is -2.38. The number of aryl methyl sites for hydroxylation is 1. The number of nitrogens with one attached hydrogen (secondary N) is 2. The molecular formula is C19H30IN5OS. The largest absolute Gasteiger partial charge is 0.477 e. The molecule has 2 aromatic heterocycles. The maximum Gasteiger partial charge on any atom is 0.218 e. The Labute approximate surface area is 183 Å².